The summed E-state index contributed by atoms with van der Waals surface area (Å²) in [7, 11) is 0. The molecular weight excluding hydrogens is 250 g/mol. The number of carboxylic acids is 1. The highest BCUT2D eigenvalue weighted by Crippen LogP contribution is 2.26. The van der Waals surface area contributed by atoms with Crippen molar-refractivity contribution < 1.29 is 14.3 Å². The third-order valence-corrected chi connectivity index (χ3v) is 2.32. The molecule has 14 heavy (non-hydrogen) atoms. The van der Waals surface area contributed by atoms with Crippen molar-refractivity contribution in [3.8, 4) is 0 Å². The van der Waals surface area contributed by atoms with Gasteiger partial charge in [-0.25, -0.2) is 0 Å². The molecule has 0 aliphatic heterocycles. The normalized spacial score (nSPS) is 12.8. The lowest BCUT2D eigenvalue weighted by Gasteiger charge is -2.07. The monoisotopic (exact) mass is 261 g/mol. The van der Waals surface area contributed by atoms with Crippen LogP contribution in [0.15, 0.2) is 15.2 Å². The van der Waals surface area contributed by atoms with Gasteiger partial charge in [0.2, 0.25) is 0 Å². The first-order valence-corrected chi connectivity index (χ1v) is 5.03. The topological polar surface area (TPSA) is 76.5 Å². The van der Waals surface area contributed by atoms with Crippen LogP contribution in [0.5, 0.6) is 0 Å². The molecule has 1 aromatic rings. The number of rotatable bonds is 4. The van der Waals surface area contributed by atoms with E-state index >= 15 is 0 Å². The van der Waals surface area contributed by atoms with Crippen molar-refractivity contribution in [2.75, 3.05) is 0 Å². The molecule has 1 aromatic heterocycles. The van der Waals surface area contributed by atoms with E-state index in [0.29, 0.717) is 16.9 Å². The van der Waals surface area contributed by atoms with Crippen LogP contribution in [0, 0.1) is 6.92 Å². The van der Waals surface area contributed by atoms with Gasteiger partial charge in [0.1, 0.15) is 5.76 Å². The van der Waals surface area contributed by atoms with Crippen LogP contribution in [-0.4, -0.2) is 11.1 Å². The minimum Gasteiger partial charge on any atom is -0.481 e. The molecule has 0 spiro atoms. The number of hydrogen-bond donors (Lipinski definition) is 2. The van der Waals surface area contributed by atoms with Crippen molar-refractivity contribution in [3.05, 3.63) is 22.1 Å². The van der Waals surface area contributed by atoms with Crippen LogP contribution in [0.25, 0.3) is 0 Å². The lowest BCUT2D eigenvalue weighted by molar-refractivity contribution is -0.137. The van der Waals surface area contributed by atoms with Gasteiger partial charge < -0.3 is 15.3 Å². The number of nitrogens with two attached hydrogens (primary N) is 1. The fourth-order valence-corrected chi connectivity index (χ4v) is 1.75. The first kappa shape index (κ1) is 11.3. The number of hydrogen-bond acceptors (Lipinski definition) is 3. The standard InChI is InChI=1S/C9H12BrNO3/c1-5-4-7(10)14-9(5)6(11)2-3-8(12)13/h4,6H,2-3,11H2,1H3,(H,12,13). The largest absolute Gasteiger partial charge is 0.481 e. The van der Waals surface area contributed by atoms with Gasteiger partial charge >= 0.3 is 5.97 Å². The second-order valence-corrected chi connectivity index (χ2v) is 3.92. The van der Waals surface area contributed by atoms with E-state index in [1.807, 2.05) is 13.0 Å². The van der Waals surface area contributed by atoms with Gasteiger partial charge in [-0.2, -0.15) is 0 Å². The molecular formula is C9H12BrNO3. The van der Waals surface area contributed by atoms with Crippen molar-refractivity contribution in [1.29, 1.82) is 0 Å². The van der Waals surface area contributed by atoms with Crippen molar-refractivity contribution in [3.63, 3.8) is 0 Å². The van der Waals surface area contributed by atoms with E-state index in [2.05, 4.69) is 15.9 Å². The second kappa shape index (κ2) is 4.61. The fraction of sp³-hybridized carbons (Fsp3) is 0.444. The van der Waals surface area contributed by atoms with E-state index < -0.39 is 5.97 Å². The van der Waals surface area contributed by atoms with Gasteiger partial charge in [0.15, 0.2) is 4.67 Å². The van der Waals surface area contributed by atoms with E-state index in [9.17, 15) is 4.79 Å². The smallest absolute Gasteiger partial charge is 0.303 e. The minimum atomic E-state index is -0.844. The molecule has 1 atom stereocenters. The average molecular weight is 262 g/mol. The van der Waals surface area contributed by atoms with E-state index in [1.54, 1.807) is 0 Å². The lowest BCUT2D eigenvalue weighted by atomic mass is 10.1. The first-order chi connectivity index (χ1) is 6.50. The van der Waals surface area contributed by atoms with E-state index in [4.69, 9.17) is 15.3 Å². The Hall–Kier alpha value is -0.810. The summed E-state index contributed by atoms with van der Waals surface area (Å²) in [4.78, 5) is 10.3. The van der Waals surface area contributed by atoms with E-state index in [1.165, 1.54) is 0 Å². The van der Waals surface area contributed by atoms with Crippen LogP contribution in [0.3, 0.4) is 0 Å². The maximum absolute atomic E-state index is 10.3. The zero-order valence-electron chi connectivity index (χ0n) is 7.79. The molecule has 0 amide bonds. The Morgan fingerprint density at radius 3 is 2.86 bits per heavy atom. The van der Waals surface area contributed by atoms with Crippen LogP contribution < -0.4 is 5.73 Å². The van der Waals surface area contributed by atoms with Gasteiger partial charge in [-0.3, -0.25) is 4.79 Å². The number of halogens is 1. The molecule has 0 saturated heterocycles. The lowest BCUT2D eigenvalue weighted by Crippen LogP contribution is -2.12. The number of carbonyl (C=O) groups is 1. The summed E-state index contributed by atoms with van der Waals surface area (Å²) in [5.74, 6) is -0.193. The van der Waals surface area contributed by atoms with Crippen molar-refractivity contribution >= 4 is 21.9 Å². The highest BCUT2D eigenvalue weighted by atomic mass is 79.9. The second-order valence-electron chi connectivity index (χ2n) is 3.14. The average Bonchev–Trinajstić information content (AvgIpc) is 2.41. The van der Waals surface area contributed by atoms with Crippen molar-refractivity contribution in [2.24, 2.45) is 5.73 Å². The SMILES string of the molecule is Cc1cc(Br)oc1C(N)CCC(=O)O. The number of aliphatic carboxylic acids is 1. The molecule has 0 saturated carbocycles. The highest BCUT2D eigenvalue weighted by Gasteiger charge is 2.15. The summed E-state index contributed by atoms with van der Waals surface area (Å²) in [6.45, 7) is 1.88. The summed E-state index contributed by atoms with van der Waals surface area (Å²) >= 11 is 3.19. The summed E-state index contributed by atoms with van der Waals surface area (Å²) < 4.78 is 5.93. The third kappa shape index (κ3) is 2.85. The Balaban J connectivity index is 2.64. The van der Waals surface area contributed by atoms with Crippen molar-refractivity contribution in [1.82, 2.24) is 0 Å². The third-order valence-electron chi connectivity index (χ3n) is 1.93. The molecule has 4 nitrogen and oxygen atoms in total. The van der Waals surface area contributed by atoms with Crippen LogP contribution in [0.4, 0.5) is 0 Å². The van der Waals surface area contributed by atoms with Crippen LogP contribution in [0.1, 0.15) is 30.2 Å². The molecule has 0 fully saturated rings. The Kier molecular flexibility index (Phi) is 3.71. The molecule has 0 aliphatic rings. The summed E-state index contributed by atoms with van der Waals surface area (Å²) in [5, 5.41) is 8.49. The maximum Gasteiger partial charge on any atom is 0.303 e. The predicted octanol–water partition coefficient (Wildman–Crippen LogP) is 2.22. The Labute approximate surface area is 90.2 Å². The van der Waals surface area contributed by atoms with Crippen LogP contribution >= 0.6 is 15.9 Å². The molecule has 3 N–H and O–H groups in total. The zero-order chi connectivity index (χ0) is 10.7. The van der Waals surface area contributed by atoms with Gasteiger partial charge in [0.05, 0.1) is 6.04 Å². The molecule has 0 aliphatic carbocycles. The summed E-state index contributed by atoms with van der Waals surface area (Å²) in [6.07, 6.45) is 0.440. The zero-order valence-corrected chi connectivity index (χ0v) is 9.37. The molecule has 0 bridgehead atoms. The molecule has 1 unspecified atom stereocenters. The van der Waals surface area contributed by atoms with E-state index in [-0.39, 0.29) is 12.5 Å². The van der Waals surface area contributed by atoms with Crippen LogP contribution in [0.2, 0.25) is 0 Å². The quantitative estimate of drug-likeness (QED) is 0.872. The number of aryl methyl sites for hydroxylation is 1. The number of furan rings is 1. The van der Waals surface area contributed by atoms with Gasteiger partial charge in [-0.05, 0) is 40.9 Å². The van der Waals surface area contributed by atoms with E-state index in [0.717, 1.165) is 5.56 Å². The first-order valence-electron chi connectivity index (χ1n) is 4.24. The maximum atomic E-state index is 10.3. The van der Waals surface area contributed by atoms with Gasteiger partial charge in [0, 0.05) is 6.42 Å². The molecule has 5 heteroatoms. The van der Waals surface area contributed by atoms with Gasteiger partial charge in [-0.15, -0.1) is 0 Å². The Morgan fingerprint density at radius 2 is 2.43 bits per heavy atom. The fourth-order valence-electron chi connectivity index (χ4n) is 1.23. The Bertz CT molecular complexity index is 335. The summed E-state index contributed by atoms with van der Waals surface area (Å²) in [6, 6.07) is 1.47. The molecule has 78 valence electrons. The van der Waals surface area contributed by atoms with Gasteiger partial charge in [0.25, 0.3) is 0 Å². The predicted molar refractivity (Wildman–Crippen MR) is 54.9 cm³/mol. The molecule has 1 heterocycles. The van der Waals surface area contributed by atoms with Crippen LogP contribution in [-0.2, 0) is 4.79 Å². The molecule has 0 radical (unpaired) electrons. The number of carboxylic acid groups (broad SMARTS) is 1. The molecule has 1 rings (SSSR count). The minimum absolute atomic E-state index is 0.0545. The van der Waals surface area contributed by atoms with Gasteiger partial charge in [-0.1, -0.05) is 0 Å². The summed E-state index contributed by atoms with van der Waals surface area (Å²) in [5.41, 5.74) is 6.72. The Morgan fingerprint density at radius 1 is 1.79 bits per heavy atom. The highest BCUT2D eigenvalue weighted by molar-refractivity contribution is 9.10. The molecule has 0 aromatic carbocycles. The van der Waals surface area contributed by atoms with Crippen molar-refractivity contribution in [2.45, 2.75) is 25.8 Å².